The van der Waals surface area contributed by atoms with E-state index >= 15 is 0 Å². The van der Waals surface area contributed by atoms with Gasteiger partial charge in [0.05, 0.1) is 5.56 Å². The Balaban J connectivity index is 2.60. The van der Waals surface area contributed by atoms with Gasteiger partial charge in [0.25, 0.3) is 0 Å². The predicted octanol–water partition coefficient (Wildman–Crippen LogP) is 3.59. The Morgan fingerprint density at radius 1 is 1.24 bits per heavy atom. The molecule has 1 heterocycles. The van der Waals surface area contributed by atoms with Crippen molar-refractivity contribution < 1.29 is 13.2 Å². The maximum absolute atomic E-state index is 12.8. The Morgan fingerprint density at radius 3 is 2.59 bits per heavy atom. The van der Waals surface area contributed by atoms with Crippen LogP contribution in [0.25, 0.3) is 11.4 Å². The zero-order valence-electron chi connectivity index (χ0n) is 9.20. The van der Waals surface area contributed by atoms with Crippen LogP contribution in [0.2, 0.25) is 0 Å². The van der Waals surface area contributed by atoms with Crippen LogP contribution in [0.15, 0.2) is 36.7 Å². The highest BCUT2D eigenvalue weighted by atomic mass is 19.4. The number of halogens is 3. The molecule has 90 valence electrons. The van der Waals surface area contributed by atoms with Crippen molar-refractivity contribution in [2.75, 3.05) is 0 Å². The number of hydrogen-bond donors (Lipinski definition) is 0. The summed E-state index contributed by atoms with van der Waals surface area (Å²) < 4.78 is 40.2. The summed E-state index contributed by atoms with van der Waals surface area (Å²) in [5.41, 5.74) is -0.534. The summed E-state index contributed by atoms with van der Waals surface area (Å²) in [5, 5.41) is 0. The highest BCUT2D eigenvalue weighted by Gasteiger charge is 2.34. The van der Waals surface area contributed by atoms with Gasteiger partial charge in [-0.2, -0.15) is 13.2 Å². The fourth-order valence-corrected chi connectivity index (χ4v) is 1.73. The van der Waals surface area contributed by atoms with E-state index in [1.165, 1.54) is 18.3 Å². The van der Waals surface area contributed by atoms with Crippen LogP contribution in [-0.4, -0.2) is 9.55 Å². The van der Waals surface area contributed by atoms with Crippen molar-refractivity contribution in [3.8, 4) is 11.4 Å². The molecule has 2 aromatic rings. The molecule has 1 aromatic heterocycles. The fraction of sp³-hybridized carbons (Fsp3) is 0.250. The number of hydrogen-bond acceptors (Lipinski definition) is 1. The van der Waals surface area contributed by atoms with E-state index in [2.05, 4.69) is 4.98 Å². The maximum atomic E-state index is 12.8. The van der Waals surface area contributed by atoms with Crippen LogP contribution >= 0.6 is 0 Å². The van der Waals surface area contributed by atoms with Crippen LogP contribution in [0.5, 0.6) is 0 Å². The molecule has 17 heavy (non-hydrogen) atoms. The molecule has 0 atom stereocenters. The van der Waals surface area contributed by atoms with Gasteiger partial charge in [0.15, 0.2) is 0 Å². The lowest BCUT2D eigenvalue weighted by atomic mass is 10.1. The lowest BCUT2D eigenvalue weighted by molar-refractivity contribution is -0.137. The molecule has 0 N–H and O–H groups in total. The van der Waals surface area contributed by atoms with Gasteiger partial charge in [-0.15, -0.1) is 0 Å². The van der Waals surface area contributed by atoms with E-state index in [0.717, 1.165) is 6.07 Å². The second kappa shape index (κ2) is 4.24. The minimum absolute atomic E-state index is 0.117. The Morgan fingerprint density at radius 2 is 1.94 bits per heavy atom. The monoisotopic (exact) mass is 240 g/mol. The van der Waals surface area contributed by atoms with Gasteiger partial charge < -0.3 is 4.57 Å². The van der Waals surface area contributed by atoms with Crippen molar-refractivity contribution in [2.24, 2.45) is 0 Å². The van der Waals surface area contributed by atoms with Crippen LogP contribution in [0.1, 0.15) is 12.5 Å². The summed E-state index contributed by atoms with van der Waals surface area (Å²) in [5.74, 6) is 0.348. The minimum atomic E-state index is -4.36. The fourth-order valence-electron chi connectivity index (χ4n) is 1.73. The first-order valence-corrected chi connectivity index (χ1v) is 5.21. The van der Waals surface area contributed by atoms with Gasteiger partial charge in [-0.05, 0) is 13.0 Å². The van der Waals surface area contributed by atoms with Crippen molar-refractivity contribution in [1.29, 1.82) is 0 Å². The summed E-state index contributed by atoms with van der Waals surface area (Å²) in [6.07, 6.45) is -1.18. The molecule has 0 aliphatic heterocycles. The third-order valence-corrected chi connectivity index (χ3v) is 2.53. The third-order valence-electron chi connectivity index (χ3n) is 2.53. The van der Waals surface area contributed by atoms with Gasteiger partial charge in [0, 0.05) is 24.5 Å². The Hall–Kier alpha value is -1.78. The molecular formula is C12H11F3N2. The average molecular weight is 240 g/mol. The van der Waals surface area contributed by atoms with Crippen LogP contribution in [0, 0.1) is 0 Å². The molecule has 0 radical (unpaired) electrons. The number of benzene rings is 1. The van der Waals surface area contributed by atoms with E-state index in [1.807, 2.05) is 6.92 Å². The highest BCUT2D eigenvalue weighted by molar-refractivity contribution is 5.61. The SMILES string of the molecule is CCn1ccnc1-c1ccccc1C(F)(F)F. The predicted molar refractivity (Wildman–Crippen MR) is 58.3 cm³/mol. The molecule has 2 rings (SSSR count). The van der Waals surface area contributed by atoms with Gasteiger partial charge in [-0.3, -0.25) is 0 Å². The number of rotatable bonds is 2. The molecule has 0 aliphatic rings. The van der Waals surface area contributed by atoms with E-state index in [4.69, 9.17) is 0 Å². The molecule has 2 nitrogen and oxygen atoms in total. The van der Waals surface area contributed by atoms with Crippen molar-refractivity contribution in [3.05, 3.63) is 42.2 Å². The third kappa shape index (κ3) is 2.18. The van der Waals surface area contributed by atoms with Gasteiger partial charge >= 0.3 is 6.18 Å². The van der Waals surface area contributed by atoms with E-state index < -0.39 is 11.7 Å². The number of imidazole rings is 1. The largest absolute Gasteiger partial charge is 0.417 e. The van der Waals surface area contributed by atoms with Crippen LogP contribution < -0.4 is 0 Å². The zero-order valence-corrected chi connectivity index (χ0v) is 9.20. The van der Waals surface area contributed by atoms with Gasteiger partial charge in [-0.1, -0.05) is 18.2 Å². The van der Waals surface area contributed by atoms with E-state index in [9.17, 15) is 13.2 Å². The lowest BCUT2D eigenvalue weighted by Gasteiger charge is -2.13. The van der Waals surface area contributed by atoms with Crippen LogP contribution in [0.3, 0.4) is 0 Å². The van der Waals surface area contributed by atoms with Gasteiger partial charge in [0.2, 0.25) is 0 Å². The molecule has 5 heteroatoms. The molecule has 0 fully saturated rings. The molecule has 0 amide bonds. The molecule has 1 aromatic carbocycles. The van der Waals surface area contributed by atoms with E-state index in [-0.39, 0.29) is 5.56 Å². The molecule has 0 aliphatic carbocycles. The van der Waals surface area contributed by atoms with Crippen LogP contribution in [0.4, 0.5) is 13.2 Å². The summed E-state index contributed by atoms with van der Waals surface area (Å²) in [7, 11) is 0. The van der Waals surface area contributed by atoms with E-state index in [0.29, 0.717) is 12.4 Å². The topological polar surface area (TPSA) is 17.8 Å². The van der Waals surface area contributed by atoms with Crippen molar-refractivity contribution >= 4 is 0 Å². The normalized spacial score (nSPS) is 11.8. The first kappa shape index (κ1) is 11.7. The Kier molecular flexibility index (Phi) is 2.92. The molecule has 0 spiro atoms. The van der Waals surface area contributed by atoms with Crippen molar-refractivity contribution in [2.45, 2.75) is 19.6 Å². The molecule has 0 unspecified atom stereocenters. The summed E-state index contributed by atoms with van der Waals surface area (Å²) >= 11 is 0. The van der Waals surface area contributed by atoms with Crippen molar-refractivity contribution in [3.63, 3.8) is 0 Å². The second-order valence-corrected chi connectivity index (χ2v) is 3.58. The molecule has 0 saturated heterocycles. The number of alkyl halides is 3. The quantitative estimate of drug-likeness (QED) is 0.784. The summed E-state index contributed by atoms with van der Waals surface area (Å²) in [6.45, 7) is 2.45. The molecule has 0 bridgehead atoms. The minimum Gasteiger partial charge on any atom is -0.331 e. The zero-order chi connectivity index (χ0) is 12.5. The van der Waals surface area contributed by atoms with Crippen LogP contribution in [-0.2, 0) is 12.7 Å². The first-order chi connectivity index (χ1) is 8.04. The highest BCUT2D eigenvalue weighted by Crippen LogP contribution is 2.36. The number of aryl methyl sites for hydroxylation is 1. The Bertz CT molecular complexity index is 514. The summed E-state index contributed by atoms with van der Waals surface area (Å²) in [6, 6.07) is 5.48. The summed E-state index contributed by atoms with van der Waals surface area (Å²) in [4.78, 5) is 3.99. The smallest absolute Gasteiger partial charge is 0.331 e. The lowest BCUT2D eigenvalue weighted by Crippen LogP contribution is -2.09. The number of nitrogens with zero attached hydrogens (tertiary/aromatic N) is 2. The Labute approximate surface area is 96.7 Å². The van der Waals surface area contributed by atoms with E-state index in [1.54, 1.807) is 16.8 Å². The second-order valence-electron chi connectivity index (χ2n) is 3.58. The van der Waals surface area contributed by atoms with Gasteiger partial charge in [-0.25, -0.2) is 4.98 Å². The maximum Gasteiger partial charge on any atom is 0.417 e. The molecular weight excluding hydrogens is 229 g/mol. The van der Waals surface area contributed by atoms with Gasteiger partial charge in [0.1, 0.15) is 5.82 Å². The number of aromatic nitrogens is 2. The first-order valence-electron chi connectivity index (χ1n) is 5.21. The molecule has 0 saturated carbocycles. The standard InChI is InChI=1S/C12H11F3N2/c1-2-17-8-7-16-11(17)9-5-3-4-6-10(9)12(13,14)15/h3-8H,2H2,1H3. The van der Waals surface area contributed by atoms with Crippen molar-refractivity contribution in [1.82, 2.24) is 9.55 Å². The average Bonchev–Trinajstić information content (AvgIpc) is 2.75.